The lowest BCUT2D eigenvalue weighted by Gasteiger charge is -2.52. The molecule has 2 nitrogen and oxygen atoms in total. The van der Waals surface area contributed by atoms with E-state index in [9.17, 15) is 0 Å². The Balaban J connectivity index is 1.31. The Labute approximate surface area is 118 Å². The Hall–Kier alpha value is -0.0800. The van der Waals surface area contributed by atoms with Crippen LogP contribution in [0.2, 0.25) is 0 Å². The smallest absolute Gasteiger partial charge is 0.0102 e. The first-order chi connectivity index (χ1) is 9.13. The number of fused-ring (bicyclic) bond motifs is 1. The van der Waals surface area contributed by atoms with E-state index < -0.39 is 0 Å². The Morgan fingerprint density at radius 2 is 1.53 bits per heavy atom. The van der Waals surface area contributed by atoms with Gasteiger partial charge in [0.05, 0.1) is 0 Å². The van der Waals surface area contributed by atoms with Gasteiger partial charge in [0.2, 0.25) is 0 Å². The summed E-state index contributed by atoms with van der Waals surface area (Å²) < 4.78 is 0. The molecule has 1 spiro atoms. The van der Waals surface area contributed by atoms with Gasteiger partial charge in [0, 0.05) is 19.1 Å². The monoisotopic (exact) mass is 262 g/mol. The molecule has 2 heteroatoms. The highest BCUT2D eigenvalue weighted by atomic mass is 15.2. The quantitative estimate of drug-likeness (QED) is 0.717. The fourth-order valence-corrected chi connectivity index (χ4v) is 5.99. The van der Waals surface area contributed by atoms with Crippen molar-refractivity contribution in [2.45, 2.75) is 51.5 Å². The highest BCUT2D eigenvalue weighted by molar-refractivity contribution is 5.00. The minimum atomic E-state index is 0.796. The van der Waals surface area contributed by atoms with E-state index in [-0.39, 0.29) is 0 Å². The van der Waals surface area contributed by atoms with E-state index in [0.29, 0.717) is 0 Å². The summed E-state index contributed by atoms with van der Waals surface area (Å²) in [5.41, 5.74) is 0.796. The number of likely N-dealkylation sites (tertiary alicyclic amines) is 2. The second-order valence-electron chi connectivity index (χ2n) is 8.42. The van der Waals surface area contributed by atoms with E-state index >= 15 is 0 Å². The molecule has 2 aliphatic carbocycles. The van der Waals surface area contributed by atoms with Crippen LogP contribution in [0, 0.1) is 23.2 Å². The van der Waals surface area contributed by atoms with Gasteiger partial charge in [-0.15, -0.1) is 0 Å². The largest absolute Gasteiger partial charge is 0.306 e. The van der Waals surface area contributed by atoms with Crippen LogP contribution < -0.4 is 0 Å². The van der Waals surface area contributed by atoms with E-state index in [4.69, 9.17) is 0 Å². The maximum absolute atomic E-state index is 2.87. The molecule has 0 unspecified atom stereocenters. The molecule has 2 saturated carbocycles. The predicted molar refractivity (Wildman–Crippen MR) is 79.1 cm³/mol. The molecule has 19 heavy (non-hydrogen) atoms. The third-order valence-corrected chi connectivity index (χ3v) is 6.85. The fourth-order valence-electron chi connectivity index (χ4n) is 5.99. The van der Waals surface area contributed by atoms with Crippen LogP contribution in [0.4, 0.5) is 0 Å². The van der Waals surface area contributed by atoms with Crippen molar-refractivity contribution < 1.29 is 0 Å². The van der Waals surface area contributed by atoms with E-state index in [0.717, 1.165) is 29.2 Å². The highest BCUT2D eigenvalue weighted by Crippen LogP contribution is 2.53. The maximum atomic E-state index is 2.87. The summed E-state index contributed by atoms with van der Waals surface area (Å²) in [5.74, 6) is 3.07. The maximum Gasteiger partial charge on any atom is 0.0102 e. The molecule has 108 valence electrons. The first-order valence-corrected chi connectivity index (χ1v) is 8.56. The summed E-state index contributed by atoms with van der Waals surface area (Å²) in [7, 11) is 2.30. The summed E-state index contributed by atoms with van der Waals surface area (Å²) in [6, 6.07) is 0.943. The molecule has 0 N–H and O–H groups in total. The van der Waals surface area contributed by atoms with Gasteiger partial charge in [0.25, 0.3) is 0 Å². The normalized spacial score (nSPS) is 40.7. The summed E-state index contributed by atoms with van der Waals surface area (Å²) in [6.45, 7) is 8.00. The van der Waals surface area contributed by atoms with Gasteiger partial charge in [-0.25, -0.2) is 0 Å². The van der Waals surface area contributed by atoms with Crippen LogP contribution in [0.15, 0.2) is 0 Å². The standard InChI is InChI=1S/C17H30N2/c1-13-9-17(10-13)3-5-19(6-4-17)16-7-14-11-18(2)12-15(14)8-16/h13-16H,3-12H2,1-2H3/t14-,15-/m0/s1. The SMILES string of the molecule is CC1CC2(CCN(C3C[C@H]4CN(C)C[C@@H]4C3)CC2)C1. The van der Waals surface area contributed by atoms with Crippen LogP contribution in [-0.2, 0) is 0 Å². The lowest BCUT2D eigenvalue weighted by atomic mass is 9.58. The Morgan fingerprint density at radius 3 is 2.05 bits per heavy atom. The zero-order valence-corrected chi connectivity index (χ0v) is 12.8. The van der Waals surface area contributed by atoms with Crippen LogP contribution in [0.5, 0.6) is 0 Å². The first-order valence-electron chi connectivity index (χ1n) is 8.56. The predicted octanol–water partition coefficient (Wildman–Crippen LogP) is 2.84. The minimum Gasteiger partial charge on any atom is -0.306 e. The molecule has 2 heterocycles. The van der Waals surface area contributed by atoms with E-state index in [1.54, 1.807) is 0 Å². The third-order valence-electron chi connectivity index (χ3n) is 6.85. The van der Waals surface area contributed by atoms with Crippen molar-refractivity contribution in [3.63, 3.8) is 0 Å². The molecule has 2 aliphatic heterocycles. The number of hydrogen-bond acceptors (Lipinski definition) is 2. The Bertz CT molecular complexity index is 323. The van der Waals surface area contributed by atoms with Gasteiger partial charge in [-0.1, -0.05) is 6.92 Å². The number of hydrogen-bond donors (Lipinski definition) is 0. The average Bonchev–Trinajstić information content (AvgIpc) is 2.85. The van der Waals surface area contributed by atoms with Gasteiger partial charge in [-0.2, -0.15) is 0 Å². The number of rotatable bonds is 1. The molecule has 2 atom stereocenters. The highest BCUT2D eigenvalue weighted by Gasteiger charge is 2.47. The zero-order chi connectivity index (χ0) is 13.0. The molecule has 0 bridgehead atoms. The summed E-state index contributed by atoms with van der Waals surface area (Å²) >= 11 is 0. The third kappa shape index (κ3) is 2.15. The van der Waals surface area contributed by atoms with Crippen molar-refractivity contribution in [2.24, 2.45) is 23.2 Å². The van der Waals surface area contributed by atoms with Crippen molar-refractivity contribution in [1.82, 2.24) is 9.80 Å². The molecule has 0 radical (unpaired) electrons. The van der Waals surface area contributed by atoms with Crippen LogP contribution >= 0.6 is 0 Å². The van der Waals surface area contributed by atoms with Gasteiger partial charge < -0.3 is 9.80 Å². The molecule has 4 fully saturated rings. The van der Waals surface area contributed by atoms with Crippen molar-refractivity contribution in [3.05, 3.63) is 0 Å². The van der Waals surface area contributed by atoms with Gasteiger partial charge in [0.1, 0.15) is 0 Å². The van der Waals surface area contributed by atoms with Gasteiger partial charge in [-0.3, -0.25) is 0 Å². The second-order valence-corrected chi connectivity index (χ2v) is 8.42. The molecule has 0 aromatic carbocycles. The fraction of sp³-hybridized carbons (Fsp3) is 1.00. The van der Waals surface area contributed by atoms with Crippen LogP contribution in [0.25, 0.3) is 0 Å². The Morgan fingerprint density at radius 1 is 0.947 bits per heavy atom. The zero-order valence-electron chi connectivity index (χ0n) is 12.8. The molecular formula is C17H30N2. The van der Waals surface area contributed by atoms with Crippen molar-refractivity contribution >= 4 is 0 Å². The van der Waals surface area contributed by atoms with Crippen molar-refractivity contribution in [2.75, 3.05) is 33.2 Å². The summed E-state index contributed by atoms with van der Waals surface area (Å²) in [6.07, 6.45) is 9.06. The number of piperidine rings is 1. The molecule has 0 amide bonds. The first kappa shape index (κ1) is 12.6. The van der Waals surface area contributed by atoms with Crippen LogP contribution in [0.1, 0.15) is 45.4 Å². The van der Waals surface area contributed by atoms with Gasteiger partial charge in [0.15, 0.2) is 0 Å². The molecule has 4 rings (SSSR count). The Kier molecular flexibility index (Phi) is 2.97. The van der Waals surface area contributed by atoms with Gasteiger partial charge >= 0.3 is 0 Å². The summed E-state index contributed by atoms with van der Waals surface area (Å²) in [4.78, 5) is 5.42. The molecule has 0 aromatic rings. The molecule has 2 saturated heterocycles. The van der Waals surface area contributed by atoms with Crippen molar-refractivity contribution in [1.29, 1.82) is 0 Å². The van der Waals surface area contributed by atoms with Crippen molar-refractivity contribution in [3.8, 4) is 0 Å². The summed E-state index contributed by atoms with van der Waals surface area (Å²) in [5, 5.41) is 0. The average molecular weight is 262 g/mol. The van der Waals surface area contributed by atoms with E-state index in [2.05, 4.69) is 23.8 Å². The van der Waals surface area contributed by atoms with Crippen LogP contribution in [0.3, 0.4) is 0 Å². The lowest BCUT2D eigenvalue weighted by Crippen LogP contribution is -2.49. The van der Waals surface area contributed by atoms with E-state index in [1.165, 1.54) is 64.7 Å². The molecular weight excluding hydrogens is 232 g/mol. The molecule has 4 aliphatic rings. The van der Waals surface area contributed by atoms with Crippen LogP contribution in [-0.4, -0.2) is 49.1 Å². The number of nitrogens with zero attached hydrogens (tertiary/aromatic N) is 2. The topological polar surface area (TPSA) is 6.48 Å². The van der Waals surface area contributed by atoms with E-state index in [1.807, 2.05) is 0 Å². The van der Waals surface area contributed by atoms with Gasteiger partial charge in [-0.05, 0) is 81.8 Å². The molecule has 0 aromatic heterocycles. The second kappa shape index (κ2) is 4.46. The minimum absolute atomic E-state index is 0.796. The lowest BCUT2D eigenvalue weighted by molar-refractivity contribution is -0.0181.